The van der Waals surface area contributed by atoms with Crippen LogP contribution in [0.2, 0.25) is 0 Å². The molecule has 2 heterocycles. The number of nitrogen functional groups attached to an aromatic ring is 1. The number of hydrogen-bond acceptors (Lipinski definition) is 6. The van der Waals surface area contributed by atoms with Gasteiger partial charge in [0.25, 0.3) is 5.91 Å². The van der Waals surface area contributed by atoms with Crippen LogP contribution in [0.15, 0.2) is 35.1 Å². The molecule has 0 spiro atoms. The number of carbonyl (C=O) groups is 1. The number of aromatic nitrogens is 1. The Labute approximate surface area is 158 Å². The lowest BCUT2D eigenvalue weighted by Gasteiger charge is -2.34. The lowest BCUT2D eigenvalue weighted by atomic mass is 10.1. The van der Waals surface area contributed by atoms with Crippen molar-refractivity contribution in [1.82, 2.24) is 14.4 Å². The molecule has 10 heteroatoms. The summed E-state index contributed by atoms with van der Waals surface area (Å²) in [7, 11) is -3.48. The fourth-order valence-electron chi connectivity index (χ4n) is 2.80. The molecule has 1 saturated heterocycles. The summed E-state index contributed by atoms with van der Waals surface area (Å²) in [6.07, 6.45) is 1.34. The van der Waals surface area contributed by atoms with Gasteiger partial charge in [-0.25, -0.2) is 8.42 Å². The molecule has 2 aromatic rings. The molecule has 3 rings (SSSR count). The summed E-state index contributed by atoms with van der Waals surface area (Å²) in [5.74, 6) is -0.329. The van der Waals surface area contributed by atoms with Gasteiger partial charge in [-0.1, -0.05) is 11.2 Å². The average molecular weight is 401 g/mol. The monoisotopic (exact) mass is 400 g/mol. The molecule has 1 aromatic heterocycles. The maximum atomic E-state index is 12.7. The molecule has 1 fully saturated rings. The Morgan fingerprint density at radius 3 is 2.54 bits per heavy atom. The first-order valence-corrected chi connectivity index (χ1v) is 9.50. The van der Waals surface area contributed by atoms with Crippen LogP contribution in [0.5, 0.6) is 0 Å². The van der Waals surface area contributed by atoms with E-state index in [0.29, 0.717) is 30.0 Å². The first-order valence-electron chi connectivity index (χ1n) is 7.89. The molecule has 8 nitrogen and oxygen atoms in total. The van der Waals surface area contributed by atoms with Crippen molar-refractivity contribution in [1.29, 1.82) is 0 Å². The van der Waals surface area contributed by atoms with E-state index in [1.54, 1.807) is 23.1 Å². The molecular formula is C16H21ClN4O4S. The van der Waals surface area contributed by atoms with E-state index in [1.165, 1.54) is 16.6 Å². The van der Waals surface area contributed by atoms with Crippen molar-refractivity contribution in [3.8, 4) is 0 Å². The lowest BCUT2D eigenvalue weighted by Crippen LogP contribution is -2.50. The highest BCUT2D eigenvalue weighted by molar-refractivity contribution is 7.88. The zero-order chi connectivity index (χ0) is 18.0. The average Bonchev–Trinajstić information content (AvgIpc) is 3.09. The van der Waals surface area contributed by atoms with Gasteiger partial charge in [0.2, 0.25) is 10.0 Å². The minimum Gasteiger partial charge on any atom is -0.399 e. The highest BCUT2D eigenvalue weighted by Crippen LogP contribution is 2.18. The number of hydrogen-bond donors (Lipinski definition) is 1. The van der Waals surface area contributed by atoms with Crippen molar-refractivity contribution in [3.05, 3.63) is 47.3 Å². The Morgan fingerprint density at radius 2 is 1.92 bits per heavy atom. The number of nitrogens with zero attached hydrogens (tertiary/aromatic N) is 3. The number of sulfonamides is 1. The molecule has 0 atom stereocenters. The van der Waals surface area contributed by atoms with Gasteiger partial charge in [0.05, 0.1) is 5.69 Å². The number of halogens is 1. The molecule has 142 valence electrons. The van der Waals surface area contributed by atoms with Crippen LogP contribution in [0.25, 0.3) is 0 Å². The first kappa shape index (κ1) is 20.2. The van der Waals surface area contributed by atoms with Crippen LogP contribution in [0, 0.1) is 6.92 Å². The molecule has 0 unspecified atom stereocenters. The van der Waals surface area contributed by atoms with Crippen molar-refractivity contribution in [2.45, 2.75) is 12.7 Å². The van der Waals surface area contributed by atoms with Crippen molar-refractivity contribution in [3.63, 3.8) is 0 Å². The highest BCUT2D eigenvalue weighted by Gasteiger charge is 2.30. The van der Waals surface area contributed by atoms with Crippen LogP contribution in [-0.2, 0) is 15.8 Å². The quantitative estimate of drug-likeness (QED) is 0.774. The van der Waals surface area contributed by atoms with Gasteiger partial charge in [0.15, 0.2) is 0 Å². The van der Waals surface area contributed by atoms with Gasteiger partial charge in [0, 0.05) is 43.5 Å². The second-order valence-electron chi connectivity index (χ2n) is 6.01. The molecule has 1 aliphatic heterocycles. The van der Waals surface area contributed by atoms with E-state index in [2.05, 4.69) is 9.68 Å². The van der Waals surface area contributed by atoms with E-state index in [0.717, 1.165) is 5.56 Å². The number of rotatable bonds is 4. The minimum absolute atomic E-state index is 0. The minimum atomic E-state index is -3.48. The van der Waals surface area contributed by atoms with E-state index < -0.39 is 10.0 Å². The van der Waals surface area contributed by atoms with E-state index in [9.17, 15) is 13.2 Å². The largest absolute Gasteiger partial charge is 0.399 e. The number of benzene rings is 1. The normalized spacial score (nSPS) is 15.5. The molecule has 26 heavy (non-hydrogen) atoms. The Kier molecular flexibility index (Phi) is 6.27. The van der Waals surface area contributed by atoms with Crippen LogP contribution in [0.1, 0.15) is 21.6 Å². The lowest BCUT2D eigenvalue weighted by molar-refractivity contribution is 0.0697. The van der Waals surface area contributed by atoms with Crippen molar-refractivity contribution >= 4 is 34.0 Å². The highest BCUT2D eigenvalue weighted by atomic mass is 35.5. The van der Waals surface area contributed by atoms with Crippen LogP contribution in [-0.4, -0.2) is 54.9 Å². The van der Waals surface area contributed by atoms with Crippen LogP contribution < -0.4 is 5.73 Å². The number of carbonyl (C=O) groups excluding carboxylic acids is 1. The molecule has 0 bridgehead atoms. The molecule has 1 amide bonds. The molecule has 0 radical (unpaired) electrons. The van der Waals surface area contributed by atoms with Crippen molar-refractivity contribution in [2.24, 2.45) is 0 Å². The molecule has 0 aliphatic carbocycles. The van der Waals surface area contributed by atoms with Gasteiger partial charge < -0.3 is 15.2 Å². The van der Waals surface area contributed by atoms with Gasteiger partial charge in [-0.15, -0.1) is 12.4 Å². The fourth-order valence-corrected chi connectivity index (χ4v) is 4.22. The number of piperazine rings is 1. The molecule has 1 aliphatic rings. The summed E-state index contributed by atoms with van der Waals surface area (Å²) in [6, 6.07) is 6.74. The summed E-state index contributed by atoms with van der Waals surface area (Å²) in [5.41, 5.74) is 8.07. The van der Waals surface area contributed by atoms with Gasteiger partial charge >= 0.3 is 0 Å². The number of nitrogens with two attached hydrogens (primary N) is 1. The Hall–Kier alpha value is -2.10. The predicted molar refractivity (Wildman–Crippen MR) is 99.4 cm³/mol. The van der Waals surface area contributed by atoms with Gasteiger partial charge in [-0.05, 0) is 24.6 Å². The Bertz CT molecular complexity index is 862. The third kappa shape index (κ3) is 4.35. The van der Waals surface area contributed by atoms with Gasteiger partial charge in [-0.3, -0.25) is 4.79 Å². The Balaban J connectivity index is 0.00000243. The summed E-state index contributed by atoms with van der Waals surface area (Å²) in [4.78, 5) is 14.3. The summed E-state index contributed by atoms with van der Waals surface area (Å²) < 4.78 is 30.9. The zero-order valence-electron chi connectivity index (χ0n) is 14.3. The van der Waals surface area contributed by atoms with E-state index in [-0.39, 0.29) is 37.2 Å². The zero-order valence-corrected chi connectivity index (χ0v) is 15.9. The van der Waals surface area contributed by atoms with Crippen LogP contribution >= 0.6 is 12.4 Å². The van der Waals surface area contributed by atoms with E-state index >= 15 is 0 Å². The number of aryl methyl sites for hydroxylation is 1. The Morgan fingerprint density at radius 1 is 1.23 bits per heavy atom. The second-order valence-corrected chi connectivity index (χ2v) is 7.98. The molecule has 2 N–H and O–H groups in total. The standard InChI is InChI=1S/C16H20N4O4S.ClH/c1-12-2-3-13(17)10-15(12)16(21)19-5-7-20(8-6-19)25(22,23)11-14-4-9-24-18-14;/h2-4,9-10H,5-8,11,17H2,1H3;1H. The maximum Gasteiger partial charge on any atom is 0.254 e. The van der Waals surface area contributed by atoms with Crippen molar-refractivity contribution in [2.75, 3.05) is 31.9 Å². The topological polar surface area (TPSA) is 110 Å². The van der Waals surface area contributed by atoms with Crippen molar-refractivity contribution < 1.29 is 17.7 Å². The summed E-state index contributed by atoms with van der Waals surface area (Å²) in [6.45, 7) is 3.04. The molecular weight excluding hydrogens is 380 g/mol. The van der Waals surface area contributed by atoms with E-state index in [1.807, 2.05) is 6.92 Å². The predicted octanol–water partition coefficient (Wildman–Crippen LogP) is 1.27. The molecule has 0 saturated carbocycles. The van der Waals surface area contributed by atoms with Crippen LogP contribution in [0.4, 0.5) is 5.69 Å². The third-order valence-corrected chi connectivity index (χ3v) is 6.05. The van der Waals surface area contributed by atoms with Crippen LogP contribution in [0.3, 0.4) is 0 Å². The maximum absolute atomic E-state index is 12.7. The summed E-state index contributed by atoms with van der Waals surface area (Å²) >= 11 is 0. The molecule has 1 aromatic carbocycles. The van der Waals surface area contributed by atoms with Gasteiger partial charge in [0.1, 0.15) is 12.0 Å². The number of amides is 1. The van der Waals surface area contributed by atoms with E-state index in [4.69, 9.17) is 5.73 Å². The smallest absolute Gasteiger partial charge is 0.254 e. The summed E-state index contributed by atoms with van der Waals surface area (Å²) in [5, 5.41) is 3.64. The van der Waals surface area contributed by atoms with Gasteiger partial charge in [-0.2, -0.15) is 4.31 Å². The fraction of sp³-hybridized carbons (Fsp3) is 0.375. The second kappa shape index (κ2) is 8.07. The number of anilines is 1. The third-order valence-electron chi connectivity index (χ3n) is 4.23. The first-order chi connectivity index (χ1) is 11.9. The SMILES string of the molecule is Cc1ccc(N)cc1C(=O)N1CCN(S(=O)(=O)Cc2ccon2)CC1.Cl.